The summed E-state index contributed by atoms with van der Waals surface area (Å²) in [6.45, 7) is 0. The van der Waals surface area contributed by atoms with Crippen molar-refractivity contribution in [2.45, 2.75) is 0 Å². The molecule has 0 aliphatic heterocycles. The van der Waals surface area contributed by atoms with E-state index in [4.69, 9.17) is 5.26 Å². The first kappa shape index (κ1) is 9.02. The van der Waals surface area contributed by atoms with Crippen LogP contribution in [0.5, 0.6) is 0 Å². The zero-order valence-electron chi connectivity index (χ0n) is 7.53. The van der Waals surface area contributed by atoms with Crippen LogP contribution >= 0.6 is 0 Å². The van der Waals surface area contributed by atoms with Crippen molar-refractivity contribution in [3.63, 3.8) is 0 Å². The molecule has 0 unspecified atom stereocenters. The molecule has 0 atom stereocenters. The van der Waals surface area contributed by atoms with Gasteiger partial charge in [0, 0.05) is 0 Å². The number of benzene rings is 1. The minimum Gasteiger partial charge on any atom is -0.192 e. The van der Waals surface area contributed by atoms with Crippen LogP contribution in [-0.2, 0) is 0 Å². The Bertz CT molecular complexity index is 526. The second-order valence-electron chi connectivity index (χ2n) is 2.72. The molecule has 2 rings (SSSR count). The fraction of sp³-hybridized carbons (Fsp3) is 0. The van der Waals surface area contributed by atoms with Gasteiger partial charge >= 0.3 is 0 Å². The standard InChI is InChI=1S/C9H5N5O/c10-6-7-1-2-8(13-15)5-9(7)14-11-3-4-12-14/h1-5H. The molecule has 0 aliphatic carbocycles. The van der Waals surface area contributed by atoms with Crippen molar-refractivity contribution in [1.82, 2.24) is 15.0 Å². The molecular weight excluding hydrogens is 194 g/mol. The van der Waals surface area contributed by atoms with Gasteiger partial charge in [-0.2, -0.15) is 20.3 Å². The Morgan fingerprint density at radius 1 is 1.33 bits per heavy atom. The van der Waals surface area contributed by atoms with E-state index < -0.39 is 0 Å². The van der Waals surface area contributed by atoms with E-state index in [1.807, 2.05) is 6.07 Å². The van der Waals surface area contributed by atoms with Crippen LogP contribution in [-0.4, -0.2) is 15.0 Å². The third-order valence-electron chi connectivity index (χ3n) is 1.84. The van der Waals surface area contributed by atoms with Gasteiger partial charge in [0.15, 0.2) is 0 Å². The van der Waals surface area contributed by atoms with E-state index in [-0.39, 0.29) is 5.69 Å². The van der Waals surface area contributed by atoms with Crippen molar-refractivity contribution < 1.29 is 0 Å². The van der Waals surface area contributed by atoms with Gasteiger partial charge in [-0.25, -0.2) is 0 Å². The maximum Gasteiger partial charge on any atom is 0.110 e. The summed E-state index contributed by atoms with van der Waals surface area (Å²) in [5, 5.41) is 19.4. The van der Waals surface area contributed by atoms with Crippen LogP contribution in [0.4, 0.5) is 5.69 Å². The highest BCUT2D eigenvalue weighted by Gasteiger charge is 2.07. The Morgan fingerprint density at radius 2 is 2.07 bits per heavy atom. The summed E-state index contributed by atoms with van der Waals surface area (Å²) in [6, 6.07) is 6.43. The van der Waals surface area contributed by atoms with Crippen molar-refractivity contribution in [2.24, 2.45) is 5.18 Å². The summed E-state index contributed by atoms with van der Waals surface area (Å²) in [5.74, 6) is 0. The van der Waals surface area contributed by atoms with Gasteiger partial charge in [-0.15, -0.1) is 4.91 Å². The molecule has 0 radical (unpaired) electrons. The molecule has 0 amide bonds. The summed E-state index contributed by atoms with van der Waals surface area (Å²) in [5.41, 5.74) is 1.07. The van der Waals surface area contributed by atoms with Crippen molar-refractivity contribution in [3.05, 3.63) is 41.1 Å². The molecule has 0 bridgehead atoms. The molecule has 1 heterocycles. The van der Waals surface area contributed by atoms with Gasteiger partial charge in [0.2, 0.25) is 0 Å². The molecule has 0 saturated heterocycles. The normalized spacial score (nSPS) is 9.53. The average Bonchev–Trinajstić information content (AvgIpc) is 2.81. The molecular formula is C9H5N5O. The van der Waals surface area contributed by atoms with E-state index in [1.54, 1.807) is 0 Å². The fourth-order valence-corrected chi connectivity index (χ4v) is 1.18. The molecule has 6 heteroatoms. The van der Waals surface area contributed by atoms with Gasteiger partial charge in [0.25, 0.3) is 0 Å². The maximum absolute atomic E-state index is 10.3. The fourth-order valence-electron chi connectivity index (χ4n) is 1.18. The topological polar surface area (TPSA) is 83.9 Å². The summed E-state index contributed by atoms with van der Waals surface area (Å²) < 4.78 is 0. The lowest BCUT2D eigenvalue weighted by molar-refractivity contribution is 0.750. The van der Waals surface area contributed by atoms with E-state index in [0.717, 1.165) is 0 Å². The SMILES string of the molecule is N#Cc1ccc(N=O)cc1-n1nccn1. The Labute approximate surface area is 84.7 Å². The van der Waals surface area contributed by atoms with Crippen molar-refractivity contribution in [3.8, 4) is 11.8 Å². The Morgan fingerprint density at radius 3 is 2.67 bits per heavy atom. The van der Waals surface area contributed by atoms with Crippen molar-refractivity contribution in [2.75, 3.05) is 0 Å². The predicted octanol–water partition coefficient (Wildman–Crippen LogP) is 1.54. The lowest BCUT2D eigenvalue weighted by atomic mass is 10.2. The van der Waals surface area contributed by atoms with E-state index in [0.29, 0.717) is 11.3 Å². The van der Waals surface area contributed by atoms with Crippen molar-refractivity contribution in [1.29, 1.82) is 5.26 Å². The van der Waals surface area contributed by atoms with Gasteiger partial charge in [-0.05, 0) is 23.4 Å². The summed E-state index contributed by atoms with van der Waals surface area (Å²) in [6.07, 6.45) is 2.98. The van der Waals surface area contributed by atoms with Crippen molar-refractivity contribution >= 4 is 5.69 Å². The second kappa shape index (κ2) is 3.67. The number of hydrogen-bond acceptors (Lipinski definition) is 5. The van der Waals surface area contributed by atoms with Crippen LogP contribution < -0.4 is 0 Å². The van der Waals surface area contributed by atoms with Gasteiger partial charge < -0.3 is 0 Å². The van der Waals surface area contributed by atoms with Crippen LogP contribution in [0, 0.1) is 16.2 Å². The minimum atomic E-state index is 0.237. The van der Waals surface area contributed by atoms with Gasteiger partial charge in [0.05, 0.1) is 18.0 Å². The van der Waals surface area contributed by atoms with Crippen LogP contribution in [0.1, 0.15) is 5.56 Å². The molecule has 72 valence electrons. The highest BCUT2D eigenvalue weighted by Crippen LogP contribution is 2.19. The maximum atomic E-state index is 10.3. The number of nitroso groups, excluding NO2 is 1. The second-order valence-corrected chi connectivity index (χ2v) is 2.72. The highest BCUT2D eigenvalue weighted by molar-refractivity contribution is 5.55. The molecule has 6 nitrogen and oxygen atoms in total. The predicted molar refractivity (Wildman–Crippen MR) is 51.5 cm³/mol. The molecule has 2 aromatic rings. The Kier molecular flexibility index (Phi) is 2.21. The van der Waals surface area contributed by atoms with Gasteiger partial charge in [0.1, 0.15) is 17.4 Å². The summed E-state index contributed by atoms with van der Waals surface area (Å²) >= 11 is 0. The molecule has 15 heavy (non-hydrogen) atoms. The van der Waals surface area contributed by atoms with Gasteiger partial charge in [-0.3, -0.25) is 0 Å². The number of nitrogens with zero attached hydrogens (tertiary/aromatic N) is 5. The monoisotopic (exact) mass is 199 g/mol. The Hall–Kier alpha value is -2.55. The third-order valence-corrected chi connectivity index (χ3v) is 1.84. The first-order chi connectivity index (χ1) is 7.35. The van der Waals surface area contributed by atoms with E-state index >= 15 is 0 Å². The summed E-state index contributed by atoms with van der Waals surface area (Å²) in [7, 11) is 0. The number of aromatic nitrogens is 3. The smallest absolute Gasteiger partial charge is 0.110 e. The average molecular weight is 199 g/mol. The number of rotatable bonds is 2. The van der Waals surface area contributed by atoms with E-state index in [2.05, 4.69) is 15.4 Å². The molecule has 0 aliphatic rings. The molecule has 1 aromatic carbocycles. The zero-order valence-corrected chi connectivity index (χ0v) is 7.53. The number of nitriles is 1. The van der Waals surface area contributed by atoms with Crippen LogP contribution in [0.3, 0.4) is 0 Å². The quantitative estimate of drug-likeness (QED) is 0.686. The molecule has 0 N–H and O–H groups in total. The van der Waals surface area contributed by atoms with Crippen LogP contribution in [0.15, 0.2) is 35.8 Å². The first-order valence-corrected chi connectivity index (χ1v) is 4.09. The lowest BCUT2D eigenvalue weighted by Gasteiger charge is -2.01. The summed E-state index contributed by atoms with van der Waals surface area (Å²) in [4.78, 5) is 11.6. The van der Waals surface area contributed by atoms with Gasteiger partial charge in [-0.1, -0.05) is 0 Å². The highest BCUT2D eigenvalue weighted by atomic mass is 16.3. The largest absolute Gasteiger partial charge is 0.192 e. The molecule has 0 spiro atoms. The van der Waals surface area contributed by atoms with Crippen LogP contribution in [0.2, 0.25) is 0 Å². The number of hydrogen-bond donors (Lipinski definition) is 0. The minimum absolute atomic E-state index is 0.237. The first-order valence-electron chi connectivity index (χ1n) is 4.09. The third kappa shape index (κ3) is 1.58. The van der Waals surface area contributed by atoms with E-state index in [1.165, 1.54) is 35.4 Å². The zero-order chi connectivity index (χ0) is 10.7. The lowest BCUT2D eigenvalue weighted by Crippen LogP contribution is -2.00. The van der Waals surface area contributed by atoms with E-state index in [9.17, 15) is 4.91 Å². The molecule has 0 saturated carbocycles. The van der Waals surface area contributed by atoms with Crippen LogP contribution in [0.25, 0.3) is 5.69 Å². The Balaban J connectivity index is 2.63. The molecule has 1 aromatic heterocycles. The molecule has 0 fully saturated rings.